The Morgan fingerprint density at radius 2 is 1.57 bits per heavy atom. The lowest BCUT2D eigenvalue weighted by atomic mass is 9.42. The molecule has 4 fully saturated rings. The number of aliphatic hydroxyl groups is 2. The molecule has 0 bridgehead atoms. The van der Waals surface area contributed by atoms with Gasteiger partial charge in [0.25, 0.3) is 0 Å². The van der Waals surface area contributed by atoms with Crippen LogP contribution in [-0.4, -0.2) is 22.9 Å². The van der Waals surface area contributed by atoms with Gasteiger partial charge in [-0.3, -0.25) is 0 Å². The molecule has 0 radical (unpaired) electrons. The average Bonchev–Trinajstić information content (AvgIpc) is 3.05. The molecule has 0 saturated heterocycles. The zero-order valence-electron chi connectivity index (χ0n) is 20.6. The molecule has 0 heterocycles. The lowest BCUT2D eigenvalue weighted by Crippen LogP contribution is -2.57. The third kappa shape index (κ3) is 3.81. The monoisotopic (exact) mass is 418 g/mol. The highest BCUT2D eigenvalue weighted by Gasteiger charge is 2.62. The normalized spacial score (nSPS) is 49.4. The molecule has 174 valence electrons. The first-order chi connectivity index (χ1) is 14.2. The number of rotatable bonds is 6. The van der Waals surface area contributed by atoms with E-state index in [9.17, 15) is 10.2 Å². The van der Waals surface area contributed by atoms with Crippen LogP contribution in [0.2, 0.25) is 0 Å². The third-order valence-electron chi connectivity index (χ3n) is 11.3. The van der Waals surface area contributed by atoms with Gasteiger partial charge < -0.3 is 10.2 Å². The predicted octanol–water partition coefficient (Wildman–Crippen LogP) is 6.69. The van der Waals surface area contributed by atoms with E-state index in [4.69, 9.17) is 0 Å². The first-order valence-electron chi connectivity index (χ1n) is 13.5. The van der Waals surface area contributed by atoms with E-state index in [1.54, 1.807) is 0 Å². The maximum atomic E-state index is 10.5. The van der Waals surface area contributed by atoms with Gasteiger partial charge in [-0.25, -0.2) is 0 Å². The Kier molecular flexibility index (Phi) is 6.69. The summed E-state index contributed by atoms with van der Waals surface area (Å²) in [5.41, 5.74) is 0.890. The second kappa shape index (κ2) is 8.69. The van der Waals surface area contributed by atoms with Crippen molar-refractivity contribution in [2.24, 2.45) is 58.2 Å². The van der Waals surface area contributed by atoms with Crippen LogP contribution in [0.3, 0.4) is 0 Å². The zero-order chi connectivity index (χ0) is 21.7. The molecule has 2 N–H and O–H groups in total. The van der Waals surface area contributed by atoms with Gasteiger partial charge >= 0.3 is 0 Å². The summed E-state index contributed by atoms with van der Waals surface area (Å²) in [5.74, 6) is 5.96. The van der Waals surface area contributed by atoms with Crippen LogP contribution >= 0.6 is 0 Å². The molecule has 30 heavy (non-hydrogen) atoms. The van der Waals surface area contributed by atoms with Crippen LogP contribution in [0.5, 0.6) is 0 Å². The summed E-state index contributed by atoms with van der Waals surface area (Å²) in [5, 5.41) is 20.8. The summed E-state index contributed by atoms with van der Waals surface area (Å²) in [7, 11) is 0. The number of hydrogen-bond donors (Lipinski definition) is 2. The van der Waals surface area contributed by atoms with E-state index in [1.807, 2.05) is 0 Å². The fourth-order valence-corrected chi connectivity index (χ4v) is 9.62. The Morgan fingerprint density at radius 3 is 2.27 bits per heavy atom. The third-order valence-corrected chi connectivity index (χ3v) is 11.3. The van der Waals surface area contributed by atoms with Crippen molar-refractivity contribution in [2.45, 2.75) is 111 Å². The number of aliphatic hydroxyl groups excluding tert-OH is 2. The van der Waals surface area contributed by atoms with Crippen molar-refractivity contribution < 1.29 is 10.2 Å². The Labute approximate surface area is 186 Å². The van der Waals surface area contributed by atoms with Crippen molar-refractivity contribution in [1.29, 1.82) is 0 Å². The molecule has 10 atom stereocenters. The molecule has 2 heteroatoms. The van der Waals surface area contributed by atoms with Crippen molar-refractivity contribution in [3.05, 3.63) is 0 Å². The van der Waals surface area contributed by atoms with Gasteiger partial charge in [0.05, 0.1) is 6.10 Å². The first-order valence-corrected chi connectivity index (χ1v) is 13.5. The van der Waals surface area contributed by atoms with E-state index in [0.29, 0.717) is 29.3 Å². The molecule has 4 saturated carbocycles. The quantitative estimate of drug-likeness (QED) is 0.504. The summed E-state index contributed by atoms with van der Waals surface area (Å²) in [4.78, 5) is 0. The van der Waals surface area contributed by atoms with Gasteiger partial charge in [-0.15, -0.1) is 0 Å². The molecule has 4 rings (SSSR count). The number of hydrogen-bond acceptors (Lipinski definition) is 2. The molecule has 4 aliphatic carbocycles. The first kappa shape index (κ1) is 23.1. The molecule has 0 aromatic rings. The van der Waals surface area contributed by atoms with E-state index >= 15 is 0 Å². The highest BCUT2D eigenvalue weighted by atomic mass is 16.3. The zero-order valence-corrected chi connectivity index (χ0v) is 20.6. The topological polar surface area (TPSA) is 40.5 Å². The van der Waals surface area contributed by atoms with Gasteiger partial charge in [0.15, 0.2) is 0 Å². The van der Waals surface area contributed by atoms with E-state index in [-0.39, 0.29) is 6.10 Å². The van der Waals surface area contributed by atoms with Gasteiger partial charge in [-0.2, -0.15) is 0 Å². The minimum Gasteiger partial charge on any atom is -0.396 e. The van der Waals surface area contributed by atoms with Crippen molar-refractivity contribution in [3.63, 3.8) is 0 Å². The Bertz CT molecular complexity index is 587. The fourth-order valence-electron chi connectivity index (χ4n) is 9.62. The van der Waals surface area contributed by atoms with Crippen LogP contribution in [0.4, 0.5) is 0 Å². The molecular weight excluding hydrogens is 368 g/mol. The summed E-state index contributed by atoms with van der Waals surface area (Å²) in [6.45, 7) is 12.8. The highest BCUT2D eigenvalue weighted by Crippen LogP contribution is 2.69. The van der Waals surface area contributed by atoms with Crippen LogP contribution < -0.4 is 0 Å². The molecule has 0 aromatic carbocycles. The van der Waals surface area contributed by atoms with Gasteiger partial charge in [-0.05, 0) is 110 Å². The smallest absolute Gasteiger partial charge is 0.0543 e. The summed E-state index contributed by atoms with van der Waals surface area (Å²) in [6, 6.07) is 0. The number of fused-ring (bicyclic) bond motifs is 5. The van der Waals surface area contributed by atoms with Gasteiger partial charge in [0.1, 0.15) is 0 Å². The van der Waals surface area contributed by atoms with Crippen LogP contribution in [0, 0.1) is 58.2 Å². The maximum Gasteiger partial charge on any atom is 0.0543 e. The second-order valence-electron chi connectivity index (χ2n) is 13.1. The molecule has 4 aliphatic rings. The predicted molar refractivity (Wildman–Crippen MR) is 125 cm³/mol. The van der Waals surface area contributed by atoms with Crippen LogP contribution in [0.1, 0.15) is 105 Å². The molecular formula is C28H50O2. The Hall–Kier alpha value is -0.0800. The van der Waals surface area contributed by atoms with Crippen molar-refractivity contribution >= 4 is 0 Å². The molecule has 0 aromatic heterocycles. The Morgan fingerprint density at radius 1 is 0.867 bits per heavy atom. The van der Waals surface area contributed by atoms with Crippen molar-refractivity contribution in [3.8, 4) is 0 Å². The fraction of sp³-hybridized carbons (Fsp3) is 1.00. The average molecular weight is 419 g/mol. The lowest BCUT2D eigenvalue weighted by Gasteiger charge is -2.63. The second-order valence-corrected chi connectivity index (χ2v) is 13.1. The van der Waals surface area contributed by atoms with Gasteiger partial charge in [0, 0.05) is 6.61 Å². The molecule has 10 unspecified atom stereocenters. The van der Waals surface area contributed by atoms with Crippen LogP contribution in [0.25, 0.3) is 0 Å². The molecule has 2 nitrogen and oxygen atoms in total. The van der Waals surface area contributed by atoms with Crippen molar-refractivity contribution in [1.82, 2.24) is 0 Å². The SMILES string of the molecule is CC(C)CCCC(C)C1CCC2C3C(CO)CC4CC(O)CCC4(C)C3CCC12C. The summed E-state index contributed by atoms with van der Waals surface area (Å²) < 4.78 is 0. The highest BCUT2D eigenvalue weighted by molar-refractivity contribution is 5.11. The summed E-state index contributed by atoms with van der Waals surface area (Å²) in [6.07, 6.45) is 14.0. The Balaban J connectivity index is 1.53. The standard InChI is InChI=1S/C28H50O2/c1-18(2)7-6-8-19(3)23-9-10-24-26-20(17-29)15-21-16-22(30)11-13-27(21,4)25(26)12-14-28(23,24)5/h18-26,29-30H,6-17H2,1-5H3. The van der Waals surface area contributed by atoms with E-state index in [2.05, 4.69) is 34.6 Å². The van der Waals surface area contributed by atoms with Gasteiger partial charge in [-0.1, -0.05) is 53.9 Å². The van der Waals surface area contributed by atoms with Crippen molar-refractivity contribution in [2.75, 3.05) is 6.61 Å². The largest absolute Gasteiger partial charge is 0.396 e. The van der Waals surface area contributed by atoms with Crippen LogP contribution in [0.15, 0.2) is 0 Å². The van der Waals surface area contributed by atoms with E-state index in [0.717, 1.165) is 54.8 Å². The summed E-state index contributed by atoms with van der Waals surface area (Å²) >= 11 is 0. The minimum atomic E-state index is -0.102. The molecule has 0 aliphatic heterocycles. The minimum absolute atomic E-state index is 0.102. The molecule has 0 amide bonds. The van der Waals surface area contributed by atoms with Gasteiger partial charge in [0.2, 0.25) is 0 Å². The van der Waals surface area contributed by atoms with E-state index in [1.165, 1.54) is 51.4 Å². The lowest BCUT2D eigenvalue weighted by molar-refractivity contribution is -0.160. The molecule has 0 spiro atoms. The van der Waals surface area contributed by atoms with Crippen LogP contribution in [-0.2, 0) is 0 Å². The maximum absolute atomic E-state index is 10.5. The van der Waals surface area contributed by atoms with E-state index < -0.39 is 0 Å².